The van der Waals surface area contributed by atoms with Crippen LogP contribution in [-0.2, 0) is 16.1 Å². The summed E-state index contributed by atoms with van der Waals surface area (Å²) in [7, 11) is 0. The molecular weight excluding hydrogens is 382 g/mol. The lowest BCUT2D eigenvalue weighted by Gasteiger charge is -2.38. The van der Waals surface area contributed by atoms with Crippen LogP contribution in [-0.4, -0.2) is 78.7 Å². The monoisotopic (exact) mass is 415 g/mol. The van der Waals surface area contributed by atoms with Gasteiger partial charge in [-0.15, -0.1) is 0 Å². The first-order chi connectivity index (χ1) is 14.6. The Morgan fingerprint density at radius 2 is 1.77 bits per heavy atom. The predicted octanol–water partition coefficient (Wildman–Crippen LogP) is 1.26. The highest BCUT2D eigenvalue weighted by Gasteiger charge is 2.31. The van der Waals surface area contributed by atoms with E-state index in [0.717, 1.165) is 44.0 Å². The van der Waals surface area contributed by atoms with Crippen molar-refractivity contribution in [2.24, 2.45) is 11.8 Å². The molecule has 1 unspecified atom stereocenters. The van der Waals surface area contributed by atoms with Crippen LogP contribution in [0.15, 0.2) is 24.3 Å². The fourth-order valence-electron chi connectivity index (χ4n) is 4.38. The number of likely N-dealkylation sites (tertiary alicyclic amines) is 1. The molecule has 0 bridgehead atoms. The second kappa shape index (κ2) is 9.90. The van der Waals surface area contributed by atoms with Crippen LogP contribution >= 0.6 is 0 Å². The van der Waals surface area contributed by atoms with Gasteiger partial charge in [0.05, 0.1) is 12.7 Å². The van der Waals surface area contributed by atoms with E-state index in [1.807, 2.05) is 4.90 Å². The topological polar surface area (TPSA) is 82.1 Å². The Morgan fingerprint density at radius 1 is 1.07 bits per heavy atom. The summed E-state index contributed by atoms with van der Waals surface area (Å²) in [5.74, 6) is 1.38. The lowest BCUT2D eigenvalue weighted by atomic mass is 9.95. The van der Waals surface area contributed by atoms with Crippen molar-refractivity contribution < 1.29 is 19.4 Å². The number of benzene rings is 1. The van der Waals surface area contributed by atoms with Crippen LogP contribution in [0.1, 0.15) is 41.6 Å². The molecule has 0 aromatic heterocycles. The van der Waals surface area contributed by atoms with Crippen molar-refractivity contribution in [3.05, 3.63) is 35.4 Å². The van der Waals surface area contributed by atoms with Gasteiger partial charge in [0, 0.05) is 31.7 Å². The Labute approximate surface area is 178 Å². The molecule has 1 aromatic carbocycles. The van der Waals surface area contributed by atoms with Crippen molar-refractivity contribution in [2.75, 3.05) is 45.9 Å². The maximum atomic E-state index is 12.3. The van der Waals surface area contributed by atoms with E-state index >= 15 is 0 Å². The molecule has 2 heterocycles. The van der Waals surface area contributed by atoms with Gasteiger partial charge in [0.15, 0.2) is 0 Å². The summed E-state index contributed by atoms with van der Waals surface area (Å²) >= 11 is 0. The quantitative estimate of drug-likeness (QED) is 0.668. The van der Waals surface area contributed by atoms with Gasteiger partial charge < -0.3 is 25.0 Å². The summed E-state index contributed by atoms with van der Waals surface area (Å²) < 4.78 is 5.65. The number of aliphatic hydroxyl groups is 1. The standard InChI is InChI=1S/C23H33N3O4/c27-15-19-3-5-20(6-4-19)23(29)24-11-21-14-26(22(28)16-30-21)13-18-7-9-25(10-8-18)12-17-1-2-17/h3-6,17-18,21,27H,1-2,7-16H2,(H,24,29). The summed E-state index contributed by atoms with van der Waals surface area (Å²) in [6.45, 7) is 5.31. The Bertz CT molecular complexity index is 726. The van der Waals surface area contributed by atoms with Gasteiger partial charge in [-0.2, -0.15) is 0 Å². The molecule has 2 saturated heterocycles. The third-order valence-corrected chi connectivity index (χ3v) is 6.51. The van der Waals surface area contributed by atoms with E-state index in [0.29, 0.717) is 24.6 Å². The van der Waals surface area contributed by atoms with Gasteiger partial charge >= 0.3 is 0 Å². The van der Waals surface area contributed by atoms with Crippen molar-refractivity contribution in [1.29, 1.82) is 0 Å². The summed E-state index contributed by atoms with van der Waals surface area (Å²) in [4.78, 5) is 29.2. The van der Waals surface area contributed by atoms with Crippen LogP contribution in [0.25, 0.3) is 0 Å². The molecule has 2 amide bonds. The largest absolute Gasteiger partial charge is 0.392 e. The molecule has 0 radical (unpaired) electrons. The summed E-state index contributed by atoms with van der Waals surface area (Å²) in [6.07, 6.45) is 4.92. The molecule has 30 heavy (non-hydrogen) atoms. The van der Waals surface area contributed by atoms with E-state index in [9.17, 15) is 9.59 Å². The highest BCUT2D eigenvalue weighted by Crippen LogP contribution is 2.31. The number of nitrogens with one attached hydrogen (secondary N) is 1. The Hall–Kier alpha value is -1.96. The predicted molar refractivity (Wildman–Crippen MR) is 113 cm³/mol. The molecule has 7 nitrogen and oxygen atoms in total. The number of rotatable bonds is 8. The Morgan fingerprint density at radius 3 is 2.43 bits per heavy atom. The second-order valence-electron chi connectivity index (χ2n) is 8.98. The normalized spacial score (nSPS) is 23.6. The van der Waals surface area contributed by atoms with E-state index in [-0.39, 0.29) is 31.1 Å². The first-order valence-electron chi connectivity index (χ1n) is 11.2. The van der Waals surface area contributed by atoms with Gasteiger partial charge in [-0.25, -0.2) is 0 Å². The maximum Gasteiger partial charge on any atom is 0.251 e. The summed E-state index contributed by atoms with van der Waals surface area (Å²) in [5.41, 5.74) is 1.32. The third-order valence-electron chi connectivity index (χ3n) is 6.51. The molecule has 1 saturated carbocycles. The molecule has 3 fully saturated rings. The zero-order chi connectivity index (χ0) is 20.9. The Balaban J connectivity index is 1.21. The van der Waals surface area contributed by atoms with E-state index in [1.165, 1.54) is 19.4 Å². The second-order valence-corrected chi connectivity index (χ2v) is 8.98. The molecule has 3 aliphatic rings. The van der Waals surface area contributed by atoms with Crippen LogP contribution in [0.5, 0.6) is 0 Å². The smallest absolute Gasteiger partial charge is 0.251 e. The molecule has 7 heteroatoms. The third kappa shape index (κ3) is 5.80. The number of morpholine rings is 1. The van der Waals surface area contributed by atoms with Crippen molar-refractivity contribution in [3.8, 4) is 0 Å². The van der Waals surface area contributed by atoms with Crippen molar-refractivity contribution >= 4 is 11.8 Å². The molecule has 1 atom stereocenters. The number of hydrogen-bond acceptors (Lipinski definition) is 5. The van der Waals surface area contributed by atoms with E-state index < -0.39 is 0 Å². The number of carbonyl (C=O) groups excluding carboxylic acids is 2. The van der Waals surface area contributed by atoms with Gasteiger partial charge in [-0.3, -0.25) is 9.59 Å². The van der Waals surface area contributed by atoms with Crippen molar-refractivity contribution in [2.45, 2.75) is 38.4 Å². The summed E-state index contributed by atoms with van der Waals surface area (Å²) in [5, 5.41) is 12.0. The van der Waals surface area contributed by atoms with Gasteiger partial charge in [0.1, 0.15) is 6.61 Å². The summed E-state index contributed by atoms with van der Waals surface area (Å²) in [6, 6.07) is 6.88. The van der Waals surface area contributed by atoms with Crippen molar-refractivity contribution in [3.63, 3.8) is 0 Å². The number of ether oxygens (including phenoxy) is 1. The minimum atomic E-state index is -0.182. The minimum absolute atomic E-state index is 0.0405. The van der Waals surface area contributed by atoms with Crippen LogP contribution in [0, 0.1) is 11.8 Å². The number of aliphatic hydroxyl groups excluding tert-OH is 1. The molecule has 0 spiro atoms. The van der Waals surface area contributed by atoms with Crippen LogP contribution in [0.2, 0.25) is 0 Å². The fraction of sp³-hybridized carbons (Fsp3) is 0.652. The average Bonchev–Trinajstić information content (AvgIpc) is 3.59. The zero-order valence-electron chi connectivity index (χ0n) is 17.6. The molecule has 1 aliphatic carbocycles. The van der Waals surface area contributed by atoms with Crippen LogP contribution < -0.4 is 5.32 Å². The zero-order valence-corrected chi connectivity index (χ0v) is 17.6. The molecule has 2 N–H and O–H groups in total. The Kier molecular flexibility index (Phi) is 7.02. The van der Waals surface area contributed by atoms with Gasteiger partial charge in [-0.1, -0.05) is 12.1 Å². The minimum Gasteiger partial charge on any atom is -0.392 e. The van der Waals surface area contributed by atoms with Gasteiger partial charge in [0.25, 0.3) is 5.91 Å². The number of piperidine rings is 1. The van der Waals surface area contributed by atoms with Crippen LogP contribution in [0.4, 0.5) is 0 Å². The number of amides is 2. The van der Waals surface area contributed by atoms with E-state index in [1.54, 1.807) is 24.3 Å². The molecule has 4 rings (SSSR count). The SMILES string of the molecule is O=C(NCC1CN(CC2CCN(CC3CC3)CC2)C(=O)CO1)c1ccc(CO)cc1. The average molecular weight is 416 g/mol. The lowest BCUT2D eigenvalue weighted by Crippen LogP contribution is -2.52. The molecule has 2 aliphatic heterocycles. The number of hydrogen-bond donors (Lipinski definition) is 2. The van der Waals surface area contributed by atoms with Crippen molar-refractivity contribution in [1.82, 2.24) is 15.1 Å². The number of carbonyl (C=O) groups is 2. The van der Waals surface area contributed by atoms with E-state index in [4.69, 9.17) is 9.84 Å². The number of nitrogens with zero attached hydrogens (tertiary/aromatic N) is 2. The first-order valence-corrected chi connectivity index (χ1v) is 11.2. The van der Waals surface area contributed by atoms with Crippen LogP contribution in [0.3, 0.4) is 0 Å². The highest BCUT2D eigenvalue weighted by molar-refractivity contribution is 5.94. The first kappa shape index (κ1) is 21.3. The molecular formula is C23H33N3O4. The fourth-order valence-corrected chi connectivity index (χ4v) is 4.38. The molecule has 164 valence electrons. The van der Waals surface area contributed by atoms with Gasteiger partial charge in [-0.05, 0) is 68.3 Å². The maximum absolute atomic E-state index is 12.3. The lowest BCUT2D eigenvalue weighted by molar-refractivity contribution is -0.149. The van der Waals surface area contributed by atoms with E-state index in [2.05, 4.69) is 10.2 Å². The van der Waals surface area contributed by atoms with Gasteiger partial charge in [0.2, 0.25) is 5.91 Å². The molecule has 1 aromatic rings. The highest BCUT2D eigenvalue weighted by atomic mass is 16.5.